The zero-order chi connectivity index (χ0) is 24.5. The number of hydrogen-bond donors (Lipinski definition) is 1. The summed E-state index contributed by atoms with van der Waals surface area (Å²) < 4.78 is 25.8. The number of nitrogens with one attached hydrogen (secondary N) is 1. The normalized spacial score (nSPS) is 13.8. The van der Waals surface area contributed by atoms with E-state index in [4.69, 9.17) is 26.1 Å². The lowest BCUT2D eigenvalue weighted by Crippen LogP contribution is -2.37. The van der Waals surface area contributed by atoms with E-state index in [1.807, 2.05) is 35.9 Å². The number of anilines is 3. The zero-order valence-electron chi connectivity index (χ0n) is 19.2. The summed E-state index contributed by atoms with van der Waals surface area (Å²) in [6.07, 6.45) is 1.76. The van der Waals surface area contributed by atoms with Gasteiger partial charge in [0.05, 0.1) is 25.3 Å². The monoisotopic (exact) mass is 495 g/mol. The molecule has 1 fully saturated rings. The van der Waals surface area contributed by atoms with Gasteiger partial charge in [0.1, 0.15) is 17.3 Å². The third kappa shape index (κ3) is 4.52. The number of aromatic nitrogens is 3. The molecule has 1 N–H and O–H groups in total. The fourth-order valence-corrected chi connectivity index (χ4v) is 4.33. The maximum Gasteiger partial charge on any atom is 0.354 e. The number of fused-ring (bicyclic) bond motifs is 1. The van der Waals surface area contributed by atoms with Crippen LogP contribution in [0, 0.1) is 5.82 Å². The fourth-order valence-electron chi connectivity index (χ4n) is 4.15. The number of methoxy groups -OCH3 is 1. The van der Waals surface area contributed by atoms with Crippen molar-refractivity contribution in [3.8, 4) is 11.1 Å². The van der Waals surface area contributed by atoms with Gasteiger partial charge in [0.25, 0.3) is 0 Å². The molecule has 1 aliphatic rings. The summed E-state index contributed by atoms with van der Waals surface area (Å²) in [6.45, 7) is 2.56. The highest BCUT2D eigenvalue weighted by atomic mass is 35.5. The Hall–Kier alpha value is -3.69. The number of benzene rings is 2. The van der Waals surface area contributed by atoms with Crippen molar-refractivity contribution in [1.29, 1.82) is 0 Å². The Morgan fingerprint density at radius 3 is 2.71 bits per heavy atom. The second-order valence-corrected chi connectivity index (χ2v) is 8.55. The number of ether oxygens (including phenoxy) is 2. The molecule has 2 aromatic heterocycles. The first-order chi connectivity index (χ1) is 16.9. The predicted molar refractivity (Wildman–Crippen MR) is 133 cm³/mol. The van der Waals surface area contributed by atoms with Crippen LogP contribution >= 0.6 is 11.6 Å². The van der Waals surface area contributed by atoms with Crippen LogP contribution in [0.15, 0.2) is 48.7 Å². The van der Waals surface area contributed by atoms with Crippen LogP contribution in [0.4, 0.5) is 21.8 Å². The van der Waals surface area contributed by atoms with Gasteiger partial charge in [0, 0.05) is 48.5 Å². The first kappa shape index (κ1) is 23.1. The van der Waals surface area contributed by atoms with Crippen LogP contribution < -0.4 is 10.2 Å². The largest absolute Gasteiger partial charge is 0.464 e. The van der Waals surface area contributed by atoms with Gasteiger partial charge in [-0.3, -0.25) is 0 Å². The highest BCUT2D eigenvalue weighted by Crippen LogP contribution is 2.33. The molecule has 0 radical (unpaired) electrons. The average Bonchev–Trinajstić information content (AvgIpc) is 3.22. The molecular formula is C25H23ClFN5O3. The summed E-state index contributed by atoms with van der Waals surface area (Å²) in [6, 6.07) is 12.1. The van der Waals surface area contributed by atoms with Crippen molar-refractivity contribution in [1.82, 2.24) is 14.5 Å². The number of hydrogen-bond acceptors (Lipinski definition) is 7. The Bertz CT molecular complexity index is 1420. The van der Waals surface area contributed by atoms with Gasteiger partial charge in [-0.1, -0.05) is 23.7 Å². The molecular weight excluding hydrogens is 473 g/mol. The summed E-state index contributed by atoms with van der Waals surface area (Å²) in [7, 11) is 3.20. The van der Waals surface area contributed by atoms with Crippen LogP contribution in [0.25, 0.3) is 22.0 Å². The lowest BCUT2D eigenvalue weighted by molar-refractivity contribution is 0.0590. The molecule has 1 saturated heterocycles. The van der Waals surface area contributed by atoms with E-state index in [1.54, 1.807) is 12.3 Å². The molecule has 0 amide bonds. The standard InChI is InChI=1S/C25H23ClFN5O3/c1-31-21-11-15(3-4-16(21)12-22(31)24(33)34-2)18-14-28-25(29-17-5-6-20(27)19(26)13-17)30-23(18)32-7-9-35-10-8-32/h3-6,11-14H,7-10H2,1-2H3,(H,28,29,30). The van der Waals surface area contributed by atoms with Crippen LogP contribution in [-0.2, 0) is 16.5 Å². The maximum atomic E-state index is 13.6. The van der Waals surface area contributed by atoms with Gasteiger partial charge in [0.15, 0.2) is 0 Å². The van der Waals surface area contributed by atoms with Crippen molar-refractivity contribution in [2.75, 3.05) is 43.6 Å². The molecule has 0 aliphatic carbocycles. The van der Waals surface area contributed by atoms with Crippen LogP contribution in [0.2, 0.25) is 5.02 Å². The number of aryl methyl sites for hydroxylation is 1. The van der Waals surface area contributed by atoms with E-state index in [2.05, 4.69) is 15.2 Å². The van der Waals surface area contributed by atoms with Gasteiger partial charge in [0.2, 0.25) is 5.95 Å². The van der Waals surface area contributed by atoms with Crippen LogP contribution in [0.1, 0.15) is 10.5 Å². The maximum absolute atomic E-state index is 13.6. The van der Waals surface area contributed by atoms with Gasteiger partial charge in [-0.2, -0.15) is 4.98 Å². The summed E-state index contributed by atoms with van der Waals surface area (Å²) >= 11 is 5.92. The number of halogens is 2. The topological polar surface area (TPSA) is 81.5 Å². The van der Waals surface area contributed by atoms with E-state index in [0.29, 0.717) is 43.6 Å². The van der Waals surface area contributed by atoms with E-state index in [1.165, 1.54) is 19.2 Å². The van der Waals surface area contributed by atoms with Crippen molar-refractivity contribution >= 4 is 45.9 Å². The molecule has 0 bridgehead atoms. The summed E-state index contributed by atoms with van der Waals surface area (Å²) in [5, 5.41) is 4.05. The third-order valence-electron chi connectivity index (χ3n) is 6.01. The molecule has 0 saturated carbocycles. The lowest BCUT2D eigenvalue weighted by Gasteiger charge is -2.29. The predicted octanol–water partition coefficient (Wildman–Crippen LogP) is 4.79. The molecule has 180 valence electrons. The SMILES string of the molecule is COC(=O)c1cc2ccc(-c3cnc(Nc4ccc(F)c(Cl)c4)nc3N3CCOCC3)cc2n1C. The molecule has 1 aliphatic heterocycles. The van der Waals surface area contributed by atoms with Crippen LogP contribution in [-0.4, -0.2) is 53.9 Å². The number of carbonyl (C=O) groups excluding carboxylic acids is 1. The molecule has 0 spiro atoms. The van der Waals surface area contributed by atoms with E-state index in [-0.39, 0.29) is 11.0 Å². The molecule has 0 unspecified atom stereocenters. The van der Waals surface area contributed by atoms with Gasteiger partial charge in [-0.25, -0.2) is 14.2 Å². The van der Waals surface area contributed by atoms with E-state index in [0.717, 1.165) is 27.8 Å². The number of esters is 1. The minimum Gasteiger partial charge on any atom is -0.464 e. The highest BCUT2D eigenvalue weighted by Gasteiger charge is 2.20. The number of nitrogens with zero attached hydrogens (tertiary/aromatic N) is 4. The Labute approximate surface area is 206 Å². The molecule has 35 heavy (non-hydrogen) atoms. The highest BCUT2D eigenvalue weighted by molar-refractivity contribution is 6.31. The molecule has 0 atom stereocenters. The molecule has 8 nitrogen and oxygen atoms in total. The van der Waals surface area contributed by atoms with Crippen molar-refractivity contribution in [2.45, 2.75) is 0 Å². The summed E-state index contributed by atoms with van der Waals surface area (Å²) in [5.74, 6) is 0.236. The Kier molecular flexibility index (Phi) is 6.27. The lowest BCUT2D eigenvalue weighted by atomic mass is 10.1. The minimum absolute atomic E-state index is 0.0159. The third-order valence-corrected chi connectivity index (χ3v) is 6.30. The second-order valence-electron chi connectivity index (χ2n) is 8.14. The Morgan fingerprint density at radius 2 is 1.97 bits per heavy atom. The van der Waals surface area contributed by atoms with Gasteiger partial charge >= 0.3 is 5.97 Å². The van der Waals surface area contributed by atoms with Gasteiger partial charge in [-0.15, -0.1) is 0 Å². The average molecular weight is 496 g/mol. The summed E-state index contributed by atoms with van der Waals surface area (Å²) in [4.78, 5) is 23.6. The Morgan fingerprint density at radius 1 is 1.17 bits per heavy atom. The zero-order valence-corrected chi connectivity index (χ0v) is 20.0. The molecule has 5 rings (SSSR count). The number of morpholine rings is 1. The fraction of sp³-hybridized carbons (Fsp3) is 0.240. The van der Waals surface area contributed by atoms with E-state index in [9.17, 15) is 9.18 Å². The summed E-state index contributed by atoms with van der Waals surface area (Å²) in [5.41, 5.74) is 3.70. The molecule has 3 heterocycles. The van der Waals surface area contributed by atoms with Crippen molar-refractivity contribution in [3.05, 3.63) is 65.2 Å². The van der Waals surface area contributed by atoms with Crippen molar-refractivity contribution in [2.24, 2.45) is 7.05 Å². The van der Waals surface area contributed by atoms with Crippen LogP contribution in [0.5, 0.6) is 0 Å². The molecule has 2 aromatic carbocycles. The Balaban J connectivity index is 1.56. The van der Waals surface area contributed by atoms with E-state index < -0.39 is 5.82 Å². The van der Waals surface area contributed by atoms with Crippen molar-refractivity contribution < 1.29 is 18.7 Å². The quantitative estimate of drug-likeness (QED) is 0.398. The first-order valence-electron chi connectivity index (χ1n) is 11.0. The van der Waals surface area contributed by atoms with Gasteiger partial charge < -0.3 is 24.3 Å². The molecule has 10 heteroatoms. The first-order valence-corrected chi connectivity index (χ1v) is 11.4. The van der Waals surface area contributed by atoms with Crippen LogP contribution in [0.3, 0.4) is 0 Å². The van der Waals surface area contributed by atoms with E-state index >= 15 is 0 Å². The second kappa shape index (κ2) is 9.52. The molecule has 4 aromatic rings. The van der Waals surface area contributed by atoms with Gasteiger partial charge in [-0.05, 0) is 35.9 Å². The minimum atomic E-state index is -0.492. The van der Waals surface area contributed by atoms with Crippen molar-refractivity contribution in [3.63, 3.8) is 0 Å². The smallest absolute Gasteiger partial charge is 0.354 e. The number of carbonyl (C=O) groups is 1. The number of rotatable bonds is 5.